The number of nitrogens with zero attached hydrogens (tertiary/aromatic N) is 1. The number of piperidine rings is 1. The summed E-state index contributed by atoms with van der Waals surface area (Å²) in [4.78, 5) is 2.48. The molecule has 1 saturated carbocycles. The lowest BCUT2D eigenvalue weighted by Gasteiger charge is -2.34. The van der Waals surface area contributed by atoms with E-state index in [4.69, 9.17) is 0 Å². The fourth-order valence-corrected chi connectivity index (χ4v) is 3.66. The Morgan fingerprint density at radius 1 is 1.00 bits per heavy atom. The van der Waals surface area contributed by atoms with Crippen LogP contribution in [0.15, 0.2) is 12.2 Å². The Morgan fingerprint density at radius 2 is 1.53 bits per heavy atom. The van der Waals surface area contributed by atoms with E-state index in [2.05, 4.69) is 25.5 Å². The molecule has 1 heterocycles. The third-order valence-electron chi connectivity index (χ3n) is 5.05. The van der Waals surface area contributed by atoms with Crippen molar-refractivity contribution in [3.8, 4) is 0 Å². The first-order valence-electron chi connectivity index (χ1n) is 7.49. The smallest absolute Gasteiger partial charge is 0.00191 e. The predicted molar refractivity (Wildman–Crippen MR) is 75.1 cm³/mol. The normalized spacial score (nSPS) is 32.6. The molecule has 0 atom stereocenters. The predicted octanol–water partition coefficient (Wildman–Crippen LogP) is 4.10. The SMILES string of the molecule is C=C(C)C1CCC(CC2CCN(C)CC2)CC1. The standard InChI is InChI=1S/C16H29N/c1-13(2)16-6-4-14(5-7-16)12-15-8-10-17(3)11-9-15/h14-16H,1,4-12H2,2-3H3. The average Bonchev–Trinajstić information content (AvgIpc) is 2.33. The molecule has 98 valence electrons. The molecular weight excluding hydrogens is 206 g/mol. The lowest BCUT2D eigenvalue weighted by Crippen LogP contribution is -2.31. The maximum absolute atomic E-state index is 4.12. The zero-order valence-electron chi connectivity index (χ0n) is 11.8. The van der Waals surface area contributed by atoms with Gasteiger partial charge in [0.25, 0.3) is 0 Å². The molecule has 0 bridgehead atoms. The zero-order valence-corrected chi connectivity index (χ0v) is 11.8. The molecule has 1 saturated heterocycles. The van der Waals surface area contributed by atoms with E-state index in [9.17, 15) is 0 Å². The van der Waals surface area contributed by atoms with Gasteiger partial charge in [-0.3, -0.25) is 0 Å². The first-order valence-corrected chi connectivity index (χ1v) is 7.49. The third kappa shape index (κ3) is 3.84. The minimum Gasteiger partial charge on any atom is -0.306 e. The molecule has 1 heteroatoms. The van der Waals surface area contributed by atoms with E-state index in [1.807, 2.05) is 0 Å². The van der Waals surface area contributed by atoms with Crippen LogP contribution < -0.4 is 0 Å². The highest BCUT2D eigenvalue weighted by molar-refractivity contribution is 4.98. The Balaban J connectivity index is 1.69. The van der Waals surface area contributed by atoms with Crippen LogP contribution in [0, 0.1) is 17.8 Å². The molecule has 1 aliphatic heterocycles. The highest BCUT2D eigenvalue weighted by Gasteiger charge is 2.25. The topological polar surface area (TPSA) is 3.24 Å². The van der Waals surface area contributed by atoms with Crippen LogP contribution in [0.3, 0.4) is 0 Å². The molecule has 0 aromatic heterocycles. The Hall–Kier alpha value is -0.300. The van der Waals surface area contributed by atoms with Crippen molar-refractivity contribution in [2.75, 3.05) is 20.1 Å². The van der Waals surface area contributed by atoms with Gasteiger partial charge in [-0.2, -0.15) is 0 Å². The summed E-state index contributed by atoms with van der Waals surface area (Å²) in [6, 6.07) is 0. The molecule has 0 aromatic rings. The molecule has 2 rings (SSSR count). The fourth-order valence-electron chi connectivity index (χ4n) is 3.66. The Kier molecular flexibility index (Phi) is 4.67. The number of hydrogen-bond donors (Lipinski definition) is 0. The van der Waals surface area contributed by atoms with Crippen LogP contribution in [0.4, 0.5) is 0 Å². The van der Waals surface area contributed by atoms with Gasteiger partial charge in [0.1, 0.15) is 0 Å². The van der Waals surface area contributed by atoms with Crippen LogP contribution in [-0.2, 0) is 0 Å². The summed E-state index contributed by atoms with van der Waals surface area (Å²) in [5, 5.41) is 0. The van der Waals surface area contributed by atoms with Crippen molar-refractivity contribution in [2.45, 2.75) is 51.9 Å². The largest absolute Gasteiger partial charge is 0.306 e. The second-order valence-electron chi connectivity index (χ2n) is 6.55. The molecule has 0 radical (unpaired) electrons. The summed E-state index contributed by atoms with van der Waals surface area (Å²) < 4.78 is 0. The molecule has 2 aliphatic rings. The summed E-state index contributed by atoms with van der Waals surface area (Å²) in [5.74, 6) is 2.89. The van der Waals surface area contributed by atoms with E-state index in [1.54, 1.807) is 0 Å². The Morgan fingerprint density at radius 3 is 2.06 bits per heavy atom. The lowest BCUT2D eigenvalue weighted by atomic mass is 9.75. The van der Waals surface area contributed by atoms with Crippen molar-refractivity contribution in [3.05, 3.63) is 12.2 Å². The molecule has 1 aliphatic carbocycles. The van der Waals surface area contributed by atoms with Gasteiger partial charge in [-0.15, -0.1) is 0 Å². The quantitative estimate of drug-likeness (QED) is 0.666. The Labute approximate surface area is 107 Å². The van der Waals surface area contributed by atoms with Gasteiger partial charge in [-0.05, 0) is 89.8 Å². The molecule has 0 aromatic carbocycles. The van der Waals surface area contributed by atoms with Gasteiger partial charge in [0.2, 0.25) is 0 Å². The van der Waals surface area contributed by atoms with E-state index in [0.29, 0.717) is 0 Å². The van der Waals surface area contributed by atoms with Crippen LogP contribution in [0.25, 0.3) is 0 Å². The lowest BCUT2D eigenvalue weighted by molar-refractivity contribution is 0.174. The summed E-state index contributed by atoms with van der Waals surface area (Å²) >= 11 is 0. The van der Waals surface area contributed by atoms with E-state index in [1.165, 1.54) is 63.6 Å². The zero-order chi connectivity index (χ0) is 12.3. The van der Waals surface area contributed by atoms with E-state index >= 15 is 0 Å². The van der Waals surface area contributed by atoms with E-state index in [0.717, 1.165) is 17.8 Å². The number of allylic oxidation sites excluding steroid dienone is 1. The number of likely N-dealkylation sites (tertiary alicyclic amines) is 1. The highest BCUT2D eigenvalue weighted by atomic mass is 15.1. The van der Waals surface area contributed by atoms with E-state index < -0.39 is 0 Å². The van der Waals surface area contributed by atoms with Crippen molar-refractivity contribution in [1.82, 2.24) is 4.90 Å². The summed E-state index contributed by atoms with van der Waals surface area (Å²) in [6.07, 6.45) is 10.1. The number of rotatable bonds is 3. The minimum atomic E-state index is 0.837. The van der Waals surface area contributed by atoms with Gasteiger partial charge in [0.15, 0.2) is 0 Å². The molecular formula is C16H29N. The summed E-state index contributed by atoms with van der Waals surface area (Å²) in [7, 11) is 2.26. The first kappa shape index (κ1) is 13.1. The van der Waals surface area contributed by atoms with Gasteiger partial charge in [-0.25, -0.2) is 0 Å². The molecule has 1 nitrogen and oxygen atoms in total. The maximum Gasteiger partial charge on any atom is -0.00191 e. The summed E-state index contributed by atoms with van der Waals surface area (Å²) in [5.41, 5.74) is 1.42. The van der Waals surface area contributed by atoms with Gasteiger partial charge < -0.3 is 4.90 Å². The molecule has 2 fully saturated rings. The third-order valence-corrected chi connectivity index (χ3v) is 5.05. The molecule has 0 spiro atoms. The van der Waals surface area contributed by atoms with Gasteiger partial charge >= 0.3 is 0 Å². The number of hydrogen-bond acceptors (Lipinski definition) is 1. The van der Waals surface area contributed by atoms with Crippen molar-refractivity contribution < 1.29 is 0 Å². The second kappa shape index (κ2) is 6.04. The molecule has 0 amide bonds. The Bertz CT molecular complexity index is 242. The van der Waals surface area contributed by atoms with Crippen LogP contribution >= 0.6 is 0 Å². The van der Waals surface area contributed by atoms with Gasteiger partial charge in [-0.1, -0.05) is 12.2 Å². The molecule has 17 heavy (non-hydrogen) atoms. The minimum absolute atomic E-state index is 0.837. The fraction of sp³-hybridized carbons (Fsp3) is 0.875. The van der Waals surface area contributed by atoms with Crippen LogP contribution in [0.5, 0.6) is 0 Å². The monoisotopic (exact) mass is 235 g/mol. The van der Waals surface area contributed by atoms with Crippen LogP contribution in [0.2, 0.25) is 0 Å². The second-order valence-corrected chi connectivity index (χ2v) is 6.55. The van der Waals surface area contributed by atoms with Crippen LogP contribution in [0.1, 0.15) is 51.9 Å². The average molecular weight is 235 g/mol. The van der Waals surface area contributed by atoms with Crippen LogP contribution in [-0.4, -0.2) is 25.0 Å². The molecule has 0 unspecified atom stereocenters. The van der Waals surface area contributed by atoms with E-state index in [-0.39, 0.29) is 0 Å². The van der Waals surface area contributed by atoms with Crippen molar-refractivity contribution >= 4 is 0 Å². The van der Waals surface area contributed by atoms with Crippen molar-refractivity contribution in [2.24, 2.45) is 17.8 Å². The van der Waals surface area contributed by atoms with Gasteiger partial charge in [0, 0.05) is 0 Å². The van der Waals surface area contributed by atoms with Crippen molar-refractivity contribution in [1.29, 1.82) is 0 Å². The highest BCUT2D eigenvalue weighted by Crippen LogP contribution is 2.37. The van der Waals surface area contributed by atoms with Crippen molar-refractivity contribution in [3.63, 3.8) is 0 Å². The first-order chi connectivity index (χ1) is 8.15. The summed E-state index contributed by atoms with van der Waals surface area (Å²) in [6.45, 7) is 8.98. The van der Waals surface area contributed by atoms with Gasteiger partial charge in [0.05, 0.1) is 0 Å². The molecule has 0 N–H and O–H groups in total. The maximum atomic E-state index is 4.12.